The maximum atomic E-state index is 9.75. The smallest absolute Gasteiger partial charge is 0.0860 e. The molecule has 0 aromatic carbocycles. The number of hydrogen-bond donors (Lipinski definition) is 1. The van der Waals surface area contributed by atoms with E-state index < -0.39 is 0 Å². The van der Waals surface area contributed by atoms with Crippen LogP contribution < -0.4 is 0 Å². The Morgan fingerprint density at radius 2 is 2.08 bits per heavy atom. The molecule has 0 amide bonds. The van der Waals surface area contributed by atoms with Crippen molar-refractivity contribution in [1.82, 2.24) is 0 Å². The fraction of sp³-hybridized carbons (Fsp3) is 0.900. The van der Waals surface area contributed by atoms with E-state index in [4.69, 9.17) is 5.26 Å². The Labute approximate surface area is 73.2 Å². The molecule has 0 bridgehead atoms. The van der Waals surface area contributed by atoms with Gasteiger partial charge in [-0.1, -0.05) is 12.8 Å². The fourth-order valence-corrected chi connectivity index (χ4v) is 2.95. The summed E-state index contributed by atoms with van der Waals surface area (Å²) in [6.45, 7) is 0. The van der Waals surface area contributed by atoms with E-state index >= 15 is 0 Å². The Morgan fingerprint density at radius 1 is 1.25 bits per heavy atom. The molecule has 2 aliphatic carbocycles. The first kappa shape index (κ1) is 8.07. The molecular weight excluding hydrogens is 150 g/mol. The van der Waals surface area contributed by atoms with Gasteiger partial charge in [-0.25, -0.2) is 0 Å². The first-order chi connectivity index (χ1) is 5.79. The highest BCUT2D eigenvalue weighted by molar-refractivity contribution is 5.12. The molecule has 2 aliphatic rings. The number of nitrogens with zero attached hydrogens (tertiary/aromatic N) is 1. The lowest BCUT2D eigenvalue weighted by atomic mass is 9.68. The molecule has 3 atom stereocenters. The summed E-state index contributed by atoms with van der Waals surface area (Å²) < 4.78 is 0. The van der Waals surface area contributed by atoms with Crippen LogP contribution in [0.2, 0.25) is 0 Å². The zero-order chi connectivity index (χ0) is 8.60. The van der Waals surface area contributed by atoms with Crippen molar-refractivity contribution in [2.45, 2.75) is 44.6 Å². The summed E-state index contributed by atoms with van der Waals surface area (Å²) in [6.07, 6.45) is 6.03. The molecule has 0 aromatic heterocycles. The zero-order valence-corrected chi connectivity index (χ0v) is 7.29. The molecule has 2 heteroatoms. The monoisotopic (exact) mass is 165 g/mol. The molecule has 0 aliphatic heterocycles. The van der Waals surface area contributed by atoms with Gasteiger partial charge in [0.15, 0.2) is 0 Å². The maximum absolute atomic E-state index is 9.75. The third-order valence-corrected chi connectivity index (χ3v) is 3.71. The Bertz CT molecular complexity index is 218. The predicted octanol–water partition coefficient (Wildman–Crippen LogP) is 1.84. The number of fused-ring (bicyclic) bond motifs is 1. The van der Waals surface area contributed by atoms with Gasteiger partial charge in [0.05, 0.1) is 17.6 Å². The van der Waals surface area contributed by atoms with Gasteiger partial charge in [-0.05, 0) is 31.6 Å². The summed E-state index contributed by atoms with van der Waals surface area (Å²) in [5, 5.41) is 18.9. The van der Waals surface area contributed by atoms with E-state index in [0.29, 0.717) is 5.92 Å². The fourth-order valence-electron chi connectivity index (χ4n) is 2.95. The van der Waals surface area contributed by atoms with Crippen LogP contribution >= 0.6 is 0 Å². The van der Waals surface area contributed by atoms with Crippen LogP contribution in [0.25, 0.3) is 0 Å². The van der Waals surface area contributed by atoms with Crippen molar-refractivity contribution in [1.29, 1.82) is 5.26 Å². The molecule has 0 radical (unpaired) electrons. The molecule has 0 aromatic rings. The lowest BCUT2D eigenvalue weighted by Crippen LogP contribution is -2.36. The number of nitriles is 1. The number of aliphatic hydroxyl groups excluding tert-OH is 1. The number of rotatable bonds is 0. The van der Waals surface area contributed by atoms with Gasteiger partial charge >= 0.3 is 0 Å². The number of aliphatic hydroxyl groups is 1. The van der Waals surface area contributed by atoms with Gasteiger partial charge in [0.2, 0.25) is 0 Å². The standard InChI is InChI=1S/C10H15NO/c11-7-10-6-2-1-3-8(10)4-5-9(10)12/h8-9,12H,1-6H2. The molecule has 0 spiro atoms. The molecular formula is C10H15NO. The largest absolute Gasteiger partial charge is 0.391 e. The lowest BCUT2D eigenvalue weighted by Gasteiger charge is -2.35. The second kappa shape index (κ2) is 2.74. The third kappa shape index (κ3) is 0.895. The second-order valence-electron chi connectivity index (χ2n) is 4.19. The average Bonchev–Trinajstić information content (AvgIpc) is 2.45. The van der Waals surface area contributed by atoms with Gasteiger partial charge < -0.3 is 5.11 Å². The van der Waals surface area contributed by atoms with E-state index in [1.165, 1.54) is 6.42 Å². The van der Waals surface area contributed by atoms with Crippen molar-refractivity contribution in [2.75, 3.05) is 0 Å². The Morgan fingerprint density at radius 3 is 2.75 bits per heavy atom. The van der Waals surface area contributed by atoms with Crippen LogP contribution in [0.15, 0.2) is 0 Å². The van der Waals surface area contributed by atoms with E-state index in [-0.39, 0.29) is 11.5 Å². The van der Waals surface area contributed by atoms with Crippen molar-refractivity contribution in [3.8, 4) is 6.07 Å². The number of hydrogen-bond acceptors (Lipinski definition) is 2. The molecule has 2 saturated carbocycles. The Balaban J connectivity index is 2.26. The molecule has 2 fully saturated rings. The third-order valence-electron chi connectivity index (χ3n) is 3.71. The summed E-state index contributed by atoms with van der Waals surface area (Å²) >= 11 is 0. The predicted molar refractivity (Wildman–Crippen MR) is 45.2 cm³/mol. The van der Waals surface area contributed by atoms with Crippen molar-refractivity contribution in [2.24, 2.45) is 11.3 Å². The highest BCUT2D eigenvalue weighted by atomic mass is 16.3. The Hall–Kier alpha value is -0.550. The van der Waals surface area contributed by atoms with Crippen LogP contribution in [0.3, 0.4) is 0 Å². The van der Waals surface area contributed by atoms with Gasteiger partial charge in [-0.15, -0.1) is 0 Å². The molecule has 0 saturated heterocycles. The maximum Gasteiger partial charge on any atom is 0.0860 e. The van der Waals surface area contributed by atoms with E-state index in [9.17, 15) is 5.11 Å². The summed E-state index contributed by atoms with van der Waals surface area (Å²) in [6, 6.07) is 2.38. The highest BCUT2D eigenvalue weighted by Crippen LogP contribution is 2.51. The molecule has 2 nitrogen and oxygen atoms in total. The second-order valence-corrected chi connectivity index (χ2v) is 4.19. The van der Waals surface area contributed by atoms with Crippen molar-refractivity contribution >= 4 is 0 Å². The van der Waals surface area contributed by atoms with Crippen molar-refractivity contribution in [3.63, 3.8) is 0 Å². The van der Waals surface area contributed by atoms with Gasteiger partial charge in [-0.3, -0.25) is 0 Å². The van der Waals surface area contributed by atoms with Crippen LogP contribution in [-0.4, -0.2) is 11.2 Å². The normalized spacial score (nSPS) is 46.7. The van der Waals surface area contributed by atoms with Gasteiger partial charge in [0.25, 0.3) is 0 Å². The Kier molecular flexibility index (Phi) is 1.84. The molecule has 0 heterocycles. The molecule has 1 N–H and O–H groups in total. The average molecular weight is 165 g/mol. The van der Waals surface area contributed by atoms with Crippen LogP contribution in [-0.2, 0) is 0 Å². The van der Waals surface area contributed by atoms with Crippen molar-refractivity contribution in [3.05, 3.63) is 0 Å². The van der Waals surface area contributed by atoms with Gasteiger partial charge in [0, 0.05) is 0 Å². The lowest BCUT2D eigenvalue weighted by molar-refractivity contribution is 0.0438. The van der Waals surface area contributed by atoms with Gasteiger partial charge in [-0.2, -0.15) is 5.26 Å². The minimum absolute atomic E-state index is 0.340. The quantitative estimate of drug-likeness (QED) is 0.595. The van der Waals surface area contributed by atoms with Gasteiger partial charge in [0.1, 0.15) is 0 Å². The van der Waals surface area contributed by atoms with Crippen LogP contribution in [0, 0.1) is 22.7 Å². The van der Waals surface area contributed by atoms with E-state index in [0.717, 1.165) is 32.1 Å². The molecule has 2 rings (SSSR count). The minimum Gasteiger partial charge on any atom is -0.391 e. The topological polar surface area (TPSA) is 44.0 Å². The molecule has 3 unspecified atom stereocenters. The zero-order valence-electron chi connectivity index (χ0n) is 7.29. The van der Waals surface area contributed by atoms with E-state index in [1.54, 1.807) is 0 Å². The first-order valence-corrected chi connectivity index (χ1v) is 4.89. The van der Waals surface area contributed by atoms with Crippen LogP contribution in [0.1, 0.15) is 38.5 Å². The summed E-state index contributed by atoms with van der Waals surface area (Å²) in [4.78, 5) is 0. The summed E-state index contributed by atoms with van der Waals surface area (Å²) in [5.41, 5.74) is -0.349. The molecule has 12 heavy (non-hydrogen) atoms. The summed E-state index contributed by atoms with van der Waals surface area (Å²) in [7, 11) is 0. The SMILES string of the molecule is N#CC12CCCCC1CCC2O. The highest BCUT2D eigenvalue weighted by Gasteiger charge is 2.50. The summed E-state index contributed by atoms with van der Waals surface area (Å²) in [5.74, 6) is 0.492. The van der Waals surface area contributed by atoms with E-state index in [2.05, 4.69) is 6.07 Å². The van der Waals surface area contributed by atoms with Crippen molar-refractivity contribution < 1.29 is 5.11 Å². The van der Waals surface area contributed by atoms with Crippen LogP contribution in [0.5, 0.6) is 0 Å². The van der Waals surface area contributed by atoms with E-state index in [1.807, 2.05) is 0 Å². The van der Waals surface area contributed by atoms with Crippen LogP contribution in [0.4, 0.5) is 0 Å². The first-order valence-electron chi connectivity index (χ1n) is 4.89. The molecule has 66 valence electrons. The minimum atomic E-state index is -0.349.